The average Bonchev–Trinajstić information content (AvgIpc) is 2.84. The second-order valence-corrected chi connectivity index (χ2v) is 8.03. The molecule has 0 aliphatic heterocycles. The Morgan fingerprint density at radius 3 is 2.41 bits per heavy atom. The molecular weight excluding hydrogens is 422 g/mol. The highest BCUT2D eigenvalue weighted by Crippen LogP contribution is 2.19. The summed E-state index contributed by atoms with van der Waals surface area (Å²) in [6.45, 7) is 1.18. The van der Waals surface area contributed by atoms with Crippen LogP contribution in [0.5, 0.6) is 5.75 Å². The molecular formula is C25H23N3O3S. The molecule has 7 heteroatoms. The first kappa shape index (κ1) is 21.6. The minimum Gasteiger partial charge on any atom is -0.492 e. The number of rotatable bonds is 9. The van der Waals surface area contributed by atoms with Gasteiger partial charge in [0.05, 0.1) is 29.7 Å². The van der Waals surface area contributed by atoms with Crippen LogP contribution in [0.1, 0.15) is 5.56 Å². The van der Waals surface area contributed by atoms with E-state index in [9.17, 15) is 9.59 Å². The van der Waals surface area contributed by atoms with Crippen LogP contribution < -0.4 is 15.6 Å². The van der Waals surface area contributed by atoms with Gasteiger partial charge >= 0.3 is 0 Å². The van der Waals surface area contributed by atoms with Gasteiger partial charge in [-0.05, 0) is 29.8 Å². The standard InChI is InChI=1S/C25H23N3O3S/c29-23(26-15-16-31-20-11-5-2-6-12-20)18-32-25-27-22-14-8-7-13-21(22)24(30)28(25)17-19-9-3-1-4-10-19/h1-14H,15-18H2,(H,26,29). The van der Waals surface area contributed by atoms with Crippen molar-refractivity contribution in [3.8, 4) is 5.75 Å². The summed E-state index contributed by atoms with van der Waals surface area (Å²) in [4.78, 5) is 30.1. The van der Waals surface area contributed by atoms with Crippen LogP contribution in [0.4, 0.5) is 0 Å². The molecule has 1 amide bonds. The maximum absolute atomic E-state index is 13.1. The number of hydrogen-bond donors (Lipinski definition) is 1. The summed E-state index contributed by atoms with van der Waals surface area (Å²) in [7, 11) is 0. The highest BCUT2D eigenvalue weighted by molar-refractivity contribution is 7.99. The average molecular weight is 446 g/mol. The van der Waals surface area contributed by atoms with Crippen molar-refractivity contribution < 1.29 is 9.53 Å². The molecule has 32 heavy (non-hydrogen) atoms. The van der Waals surface area contributed by atoms with Crippen LogP contribution in [0.3, 0.4) is 0 Å². The topological polar surface area (TPSA) is 73.2 Å². The van der Waals surface area contributed by atoms with Gasteiger partial charge in [-0.1, -0.05) is 72.4 Å². The largest absolute Gasteiger partial charge is 0.492 e. The van der Waals surface area contributed by atoms with Gasteiger partial charge in [-0.15, -0.1) is 0 Å². The molecule has 6 nitrogen and oxygen atoms in total. The van der Waals surface area contributed by atoms with Gasteiger partial charge in [0.2, 0.25) is 5.91 Å². The smallest absolute Gasteiger partial charge is 0.262 e. The fourth-order valence-electron chi connectivity index (χ4n) is 3.22. The Morgan fingerprint density at radius 2 is 1.62 bits per heavy atom. The molecule has 3 aromatic carbocycles. The summed E-state index contributed by atoms with van der Waals surface area (Å²) >= 11 is 1.26. The summed E-state index contributed by atoms with van der Waals surface area (Å²) in [6.07, 6.45) is 0. The maximum atomic E-state index is 13.1. The van der Waals surface area contributed by atoms with Gasteiger partial charge in [0.25, 0.3) is 5.56 Å². The highest BCUT2D eigenvalue weighted by Gasteiger charge is 2.13. The molecule has 0 saturated carbocycles. The monoisotopic (exact) mass is 445 g/mol. The number of aromatic nitrogens is 2. The van der Waals surface area contributed by atoms with E-state index in [0.717, 1.165) is 11.3 Å². The first-order valence-electron chi connectivity index (χ1n) is 10.3. The van der Waals surface area contributed by atoms with Crippen LogP contribution in [0.25, 0.3) is 10.9 Å². The van der Waals surface area contributed by atoms with E-state index in [4.69, 9.17) is 4.74 Å². The van der Waals surface area contributed by atoms with E-state index in [1.165, 1.54) is 11.8 Å². The molecule has 0 unspecified atom stereocenters. The molecule has 0 fully saturated rings. The van der Waals surface area contributed by atoms with Gasteiger partial charge < -0.3 is 10.1 Å². The van der Waals surface area contributed by atoms with Crippen molar-refractivity contribution in [1.82, 2.24) is 14.9 Å². The molecule has 1 aromatic heterocycles. The molecule has 0 spiro atoms. The summed E-state index contributed by atoms with van der Waals surface area (Å²) in [5.74, 6) is 0.784. The van der Waals surface area contributed by atoms with E-state index in [1.54, 1.807) is 10.6 Å². The van der Waals surface area contributed by atoms with E-state index in [0.29, 0.717) is 35.8 Å². The third-order valence-corrected chi connectivity index (χ3v) is 5.76. The zero-order chi connectivity index (χ0) is 22.2. The van der Waals surface area contributed by atoms with Crippen molar-refractivity contribution in [2.24, 2.45) is 0 Å². The number of para-hydroxylation sites is 2. The Hall–Kier alpha value is -3.58. The second-order valence-electron chi connectivity index (χ2n) is 7.09. The normalized spacial score (nSPS) is 10.8. The Kier molecular flexibility index (Phi) is 7.19. The molecule has 0 aliphatic rings. The molecule has 4 aromatic rings. The van der Waals surface area contributed by atoms with Crippen LogP contribution in [-0.4, -0.2) is 34.4 Å². The first-order chi connectivity index (χ1) is 15.7. The molecule has 1 N–H and O–H groups in total. The lowest BCUT2D eigenvalue weighted by molar-refractivity contribution is -0.118. The zero-order valence-corrected chi connectivity index (χ0v) is 18.3. The molecule has 0 saturated heterocycles. The van der Waals surface area contributed by atoms with Crippen molar-refractivity contribution in [3.05, 3.63) is 101 Å². The minimum absolute atomic E-state index is 0.112. The Bertz CT molecular complexity index is 1240. The van der Waals surface area contributed by atoms with E-state index >= 15 is 0 Å². The lowest BCUT2D eigenvalue weighted by Gasteiger charge is -2.13. The van der Waals surface area contributed by atoms with Crippen molar-refractivity contribution in [2.45, 2.75) is 11.7 Å². The predicted molar refractivity (Wildman–Crippen MR) is 127 cm³/mol. The minimum atomic E-state index is -0.139. The maximum Gasteiger partial charge on any atom is 0.262 e. The van der Waals surface area contributed by atoms with Crippen molar-refractivity contribution in [1.29, 1.82) is 0 Å². The van der Waals surface area contributed by atoms with Gasteiger partial charge in [-0.25, -0.2) is 4.98 Å². The van der Waals surface area contributed by atoms with E-state index in [-0.39, 0.29) is 17.2 Å². The summed E-state index contributed by atoms with van der Waals surface area (Å²) in [5, 5.41) is 3.93. The Labute approximate surface area is 190 Å². The van der Waals surface area contributed by atoms with Gasteiger partial charge in [0, 0.05) is 0 Å². The molecule has 0 aliphatic carbocycles. The quantitative estimate of drug-likeness (QED) is 0.241. The van der Waals surface area contributed by atoms with E-state index < -0.39 is 0 Å². The van der Waals surface area contributed by atoms with Crippen molar-refractivity contribution >= 4 is 28.6 Å². The van der Waals surface area contributed by atoms with Crippen LogP contribution in [0.15, 0.2) is 94.9 Å². The lowest BCUT2D eigenvalue weighted by Crippen LogP contribution is -2.30. The third kappa shape index (κ3) is 5.56. The summed E-state index contributed by atoms with van der Waals surface area (Å²) in [5.41, 5.74) is 1.51. The Morgan fingerprint density at radius 1 is 0.938 bits per heavy atom. The number of nitrogens with one attached hydrogen (secondary N) is 1. The molecule has 0 bridgehead atoms. The van der Waals surface area contributed by atoms with E-state index in [2.05, 4.69) is 10.3 Å². The third-order valence-electron chi connectivity index (χ3n) is 4.78. The van der Waals surface area contributed by atoms with Crippen molar-refractivity contribution in [2.75, 3.05) is 18.9 Å². The van der Waals surface area contributed by atoms with Gasteiger partial charge in [0.1, 0.15) is 12.4 Å². The van der Waals surface area contributed by atoms with Gasteiger partial charge in [0.15, 0.2) is 5.16 Å². The van der Waals surface area contributed by atoms with Crippen LogP contribution in [0, 0.1) is 0 Å². The zero-order valence-electron chi connectivity index (χ0n) is 17.4. The van der Waals surface area contributed by atoms with Crippen LogP contribution >= 0.6 is 11.8 Å². The molecule has 0 radical (unpaired) electrons. The number of ether oxygens (including phenoxy) is 1. The number of benzene rings is 3. The SMILES string of the molecule is O=C(CSc1nc2ccccc2c(=O)n1Cc1ccccc1)NCCOc1ccccc1. The lowest BCUT2D eigenvalue weighted by atomic mass is 10.2. The highest BCUT2D eigenvalue weighted by atomic mass is 32.2. The number of carbonyl (C=O) groups is 1. The number of carbonyl (C=O) groups excluding carboxylic acids is 1. The fourth-order valence-corrected chi connectivity index (χ4v) is 4.05. The first-order valence-corrected chi connectivity index (χ1v) is 11.3. The van der Waals surface area contributed by atoms with Crippen LogP contribution in [0.2, 0.25) is 0 Å². The van der Waals surface area contributed by atoms with E-state index in [1.807, 2.05) is 78.9 Å². The van der Waals surface area contributed by atoms with Crippen LogP contribution in [-0.2, 0) is 11.3 Å². The number of fused-ring (bicyclic) bond motifs is 1. The Balaban J connectivity index is 1.42. The summed E-state index contributed by atoms with van der Waals surface area (Å²) < 4.78 is 7.22. The molecule has 162 valence electrons. The fraction of sp³-hybridized carbons (Fsp3) is 0.160. The predicted octanol–water partition coefficient (Wildman–Crippen LogP) is 3.73. The number of hydrogen-bond acceptors (Lipinski definition) is 5. The van der Waals surface area contributed by atoms with Gasteiger partial charge in [-0.2, -0.15) is 0 Å². The summed E-state index contributed by atoms with van der Waals surface area (Å²) in [6, 6.07) is 26.5. The van der Waals surface area contributed by atoms with Crippen molar-refractivity contribution in [3.63, 3.8) is 0 Å². The number of nitrogens with zero attached hydrogens (tertiary/aromatic N) is 2. The van der Waals surface area contributed by atoms with Gasteiger partial charge in [-0.3, -0.25) is 14.2 Å². The number of amides is 1. The number of thioether (sulfide) groups is 1. The molecule has 4 rings (SSSR count). The molecule has 0 atom stereocenters. The molecule has 1 heterocycles. The second kappa shape index (κ2) is 10.6.